The normalized spacial score (nSPS) is 11.5. The molecule has 0 spiro atoms. The number of urea groups is 1. The molecule has 2 N–H and O–H groups in total. The van der Waals surface area contributed by atoms with Crippen LogP contribution in [-0.4, -0.2) is 18.1 Å². The number of amides is 2. The lowest BCUT2D eigenvalue weighted by Crippen LogP contribution is -2.36. The standard InChI is InChI=1S/C16H19N3O2/c1-12(15-8-3-4-9-17-15)19-16(20)18-11-13-6-5-7-14(10-13)21-2/h3-10,12H,11H2,1-2H3,(H2,18,19,20)/t12-/m0/s1. The first-order valence-corrected chi connectivity index (χ1v) is 6.77. The van der Waals surface area contributed by atoms with Gasteiger partial charge in [0.15, 0.2) is 0 Å². The van der Waals surface area contributed by atoms with Gasteiger partial charge in [-0.3, -0.25) is 4.98 Å². The molecule has 0 saturated heterocycles. The first-order chi connectivity index (χ1) is 10.2. The molecule has 2 amide bonds. The number of ether oxygens (including phenoxy) is 1. The highest BCUT2D eigenvalue weighted by molar-refractivity contribution is 5.74. The highest BCUT2D eigenvalue weighted by Crippen LogP contribution is 2.12. The second-order valence-electron chi connectivity index (χ2n) is 4.65. The molecule has 21 heavy (non-hydrogen) atoms. The van der Waals surface area contributed by atoms with Crippen LogP contribution in [0.4, 0.5) is 4.79 Å². The van der Waals surface area contributed by atoms with E-state index < -0.39 is 0 Å². The Hall–Kier alpha value is -2.56. The number of nitrogens with zero attached hydrogens (tertiary/aromatic N) is 1. The number of hydrogen-bond acceptors (Lipinski definition) is 3. The predicted molar refractivity (Wildman–Crippen MR) is 81.0 cm³/mol. The lowest BCUT2D eigenvalue weighted by Gasteiger charge is -2.14. The topological polar surface area (TPSA) is 63.2 Å². The van der Waals surface area contributed by atoms with Crippen molar-refractivity contribution in [1.82, 2.24) is 15.6 Å². The van der Waals surface area contributed by atoms with E-state index in [1.54, 1.807) is 13.3 Å². The van der Waals surface area contributed by atoms with Crippen LogP contribution in [-0.2, 0) is 6.54 Å². The zero-order chi connectivity index (χ0) is 15.1. The van der Waals surface area contributed by atoms with E-state index in [-0.39, 0.29) is 12.1 Å². The van der Waals surface area contributed by atoms with Crippen LogP contribution in [0.25, 0.3) is 0 Å². The molecule has 1 heterocycles. The molecule has 0 saturated carbocycles. The molecular formula is C16H19N3O2. The van der Waals surface area contributed by atoms with Gasteiger partial charge in [-0.05, 0) is 36.8 Å². The summed E-state index contributed by atoms with van der Waals surface area (Å²) in [5.74, 6) is 0.775. The maximum atomic E-state index is 11.9. The molecule has 2 aromatic rings. The van der Waals surface area contributed by atoms with Gasteiger partial charge in [-0.15, -0.1) is 0 Å². The van der Waals surface area contributed by atoms with Gasteiger partial charge in [-0.2, -0.15) is 0 Å². The number of benzene rings is 1. The lowest BCUT2D eigenvalue weighted by atomic mass is 10.2. The van der Waals surface area contributed by atoms with Gasteiger partial charge in [-0.25, -0.2) is 4.79 Å². The number of aromatic nitrogens is 1. The second kappa shape index (κ2) is 7.28. The van der Waals surface area contributed by atoms with Crippen molar-refractivity contribution in [2.24, 2.45) is 0 Å². The largest absolute Gasteiger partial charge is 0.497 e. The zero-order valence-corrected chi connectivity index (χ0v) is 12.2. The van der Waals surface area contributed by atoms with Gasteiger partial charge >= 0.3 is 6.03 Å². The highest BCUT2D eigenvalue weighted by atomic mass is 16.5. The Labute approximate surface area is 124 Å². The minimum atomic E-state index is -0.226. The summed E-state index contributed by atoms with van der Waals surface area (Å²) in [4.78, 5) is 16.1. The first kappa shape index (κ1) is 14.8. The van der Waals surface area contributed by atoms with Crippen LogP contribution < -0.4 is 15.4 Å². The lowest BCUT2D eigenvalue weighted by molar-refractivity contribution is 0.237. The van der Waals surface area contributed by atoms with Gasteiger partial charge in [0, 0.05) is 12.7 Å². The maximum Gasteiger partial charge on any atom is 0.315 e. The molecule has 1 aromatic carbocycles. The Bertz CT molecular complexity index is 587. The molecule has 1 atom stereocenters. The molecule has 1 aromatic heterocycles. The number of rotatable bonds is 5. The van der Waals surface area contributed by atoms with Crippen LogP contribution in [0.3, 0.4) is 0 Å². The van der Waals surface area contributed by atoms with Gasteiger partial charge < -0.3 is 15.4 Å². The fraction of sp³-hybridized carbons (Fsp3) is 0.250. The number of methoxy groups -OCH3 is 1. The van der Waals surface area contributed by atoms with Crippen molar-refractivity contribution < 1.29 is 9.53 Å². The van der Waals surface area contributed by atoms with Crippen LogP contribution in [0, 0.1) is 0 Å². The Morgan fingerprint density at radius 3 is 2.86 bits per heavy atom. The van der Waals surface area contributed by atoms with Crippen LogP contribution in [0.5, 0.6) is 5.75 Å². The SMILES string of the molecule is COc1cccc(CNC(=O)N[C@@H](C)c2ccccn2)c1. The number of carbonyl (C=O) groups excluding carboxylic acids is 1. The summed E-state index contributed by atoms with van der Waals surface area (Å²) < 4.78 is 5.15. The van der Waals surface area contributed by atoms with Crippen molar-refractivity contribution in [1.29, 1.82) is 0 Å². The monoisotopic (exact) mass is 285 g/mol. The summed E-state index contributed by atoms with van der Waals surface area (Å²) in [5, 5.41) is 5.67. The molecule has 5 nitrogen and oxygen atoms in total. The Morgan fingerprint density at radius 1 is 1.29 bits per heavy atom. The molecular weight excluding hydrogens is 266 g/mol. The zero-order valence-electron chi connectivity index (χ0n) is 12.2. The van der Waals surface area contributed by atoms with E-state index in [2.05, 4.69) is 15.6 Å². The molecule has 0 aliphatic rings. The van der Waals surface area contributed by atoms with Crippen LogP contribution in [0.1, 0.15) is 24.2 Å². The average molecular weight is 285 g/mol. The number of pyridine rings is 1. The van der Waals surface area contributed by atoms with Gasteiger partial charge in [0.05, 0.1) is 18.8 Å². The van der Waals surface area contributed by atoms with Crippen molar-refractivity contribution in [3.05, 3.63) is 59.9 Å². The van der Waals surface area contributed by atoms with Gasteiger partial charge in [0.25, 0.3) is 0 Å². The van der Waals surface area contributed by atoms with Crippen molar-refractivity contribution in [2.75, 3.05) is 7.11 Å². The average Bonchev–Trinajstić information content (AvgIpc) is 2.54. The Morgan fingerprint density at radius 2 is 2.14 bits per heavy atom. The van der Waals surface area contributed by atoms with Gasteiger partial charge in [-0.1, -0.05) is 18.2 Å². The Kier molecular flexibility index (Phi) is 5.15. The van der Waals surface area contributed by atoms with Gasteiger partial charge in [0.1, 0.15) is 5.75 Å². The van der Waals surface area contributed by atoms with Crippen LogP contribution in [0.2, 0.25) is 0 Å². The van der Waals surface area contributed by atoms with E-state index in [1.807, 2.05) is 49.4 Å². The van der Waals surface area contributed by atoms with Crippen molar-refractivity contribution in [3.63, 3.8) is 0 Å². The summed E-state index contributed by atoms with van der Waals surface area (Å²) in [5.41, 5.74) is 1.81. The van der Waals surface area contributed by atoms with Crippen molar-refractivity contribution in [3.8, 4) is 5.75 Å². The quantitative estimate of drug-likeness (QED) is 0.887. The molecule has 2 rings (SSSR count). The molecule has 0 fully saturated rings. The summed E-state index contributed by atoms with van der Waals surface area (Å²) in [6.45, 7) is 2.34. The van der Waals surface area contributed by atoms with Crippen LogP contribution >= 0.6 is 0 Å². The van der Waals surface area contributed by atoms with E-state index in [4.69, 9.17) is 4.74 Å². The van der Waals surface area contributed by atoms with E-state index in [9.17, 15) is 4.79 Å². The third-order valence-corrected chi connectivity index (χ3v) is 3.07. The highest BCUT2D eigenvalue weighted by Gasteiger charge is 2.09. The Balaban J connectivity index is 1.84. The number of nitrogens with one attached hydrogen (secondary N) is 2. The summed E-state index contributed by atoms with van der Waals surface area (Å²) in [6, 6.07) is 12.8. The van der Waals surface area contributed by atoms with Gasteiger partial charge in [0.2, 0.25) is 0 Å². The van der Waals surface area contributed by atoms with E-state index in [0.29, 0.717) is 6.54 Å². The molecule has 0 unspecified atom stereocenters. The smallest absolute Gasteiger partial charge is 0.315 e. The van der Waals surface area contributed by atoms with E-state index in [0.717, 1.165) is 17.0 Å². The van der Waals surface area contributed by atoms with E-state index >= 15 is 0 Å². The second-order valence-corrected chi connectivity index (χ2v) is 4.65. The fourth-order valence-corrected chi connectivity index (χ4v) is 1.92. The molecule has 0 radical (unpaired) electrons. The summed E-state index contributed by atoms with van der Waals surface area (Å²) >= 11 is 0. The van der Waals surface area contributed by atoms with Crippen molar-refractivity contribution in [2.45, 2.75) is 19.5 Å². The summed E-state index contributed by atoms with van der Waals surface area (Å²) in [7, 11) is 1.62. The molecule has 0 aliphatic carbocycles. The van der Waals surface area contributed by atoms with Crippen LogP contribution in [0.15, 0.2) is 48.7 Å². The molecule has 110 valence electrons. The minimum absolute atomic E-state index is 0.142. The van der Waals surface area contributed by atoms with Crippen molar-refractivity contribution >= 4 is 6.03 Å². The maximum absolute atomic E-state index is 11.9. The summed E-state index contributed by atoms with van der Waals surface area (Å²) in [6.07, 6.45) is 1.71. The molecule has 0 aliphatic heterocycles. The third kappa shape index (κ3) is 4.49. The predicted octanol–water partition coefficient (Wildman–Crippen LogP) is 2.65. The molecule has 0 bridgehead atoms. The molecule has 5 heteroatoms. The van der Waals surface area contributed by atoms with E-state index in [1.165, 1.54) is 0 Å². The number of carbonyl (C=O) groups is 1. The fourth-order valence-electron chi connectivity index (χ4n) is 1.92. The minimum Gasteiger partial charge on any atom is -0.497 e. The number of hydrogen-bond donors (Lipinski definition) is 2. The third-order valence-electron chi connectivity index (χ3n) is 3.07. The first-order valence-electron chi connectivity index (χ1n) is 6.77.